The first kappa shape index (κ1) is 9.24. The van der Waals surface area contributed by atoms with E-state index in [-0.39, 0.29) is 0 Å². The van der Waals surface area contributed by atoms with Crippen LogP contribution in [-0.2, 0) is 0 Å². The highest BCUT2D eigenvalue weighted by Crippen LogP contribution is 1.67. The van der Waals surface area contributed by atoms with E-state index in [0.717, 1.165) is 5.33 Å². The van der Waals surface area contributed by atoms with Crippen molar-refractivity contribution < 1.29 is 0 Å². The minimum Gasteiger partial charge on any atom is -0.130 e. The fraction of sp³-hybridized carbons (Fsp3) is 1.00. The van der Waals surface area contributed by atoms with Gasteiger partial charge in [0, 0.05) is 11.7 Å². The lowest BCUT2D eigenvalue weighted by atomic mass is 11.0. The van der Waals surface area contributed by atoms with Gasteiger partial charge in [-0.25, -0.2) is 0 Å². The Kier molecular flexibility index (Phi) is 40.0. The zero-order valence-corrected chi connectivity index (χ0v) is 5.80. The lowest BCUT2D eigenvalue weighted by Gasteiger charge is -1.45. The summed E-state index contributed by atoms with van der Waals surface area (Å²) in [7, 11) is 0. The first-order chi connectivity index (χ1) is 2.41. The molecule has 0 spiro atoms. The zero-order chi connectivity index (χ0) is 4.71. The van der Waals surface area contributed by atoms with Gasteiger partial charge in [0.1, 0.15) is 0 Å². The number of hydrogen-bond acceptors (Lipinski definition) is 0. The van der Waals surface area contributed by atoms with Crippen molar-refractivity contribution in [3.05, 3.63) is 0 Å². The Bertz CT molecular complexity index is 6.85. The predicted octanol–water partition coefficient (Wildman–Crippen LogP) is 2.26. The molecule has 0 aliphatic heterocycles. The molecule has 0 unspecified atom stereocenters. The third-order valence-electron chi connectivity index (χ3n) is 0. The average molecular weight is 159 g/mol. The highest BCUT2D eigenvalue weighted by atomic mass is 79.9. The molecular weight excluding hydrogens is 151 g/mol. The summed E-state index contributed by atoms with van der Waals surface area (Å²) in [6.45, 7) is 2.04. The molecular formula is C3H8BrCl. The van der Waals surface area contributed by atoms with Crippen molar-refractivity contribution in [2.45, 2.75) is 6.92 Å². The van der Waals surface area contributed by atoms with Gasteiger partial charge in [-0.2, -0.15) is 0 Å². The monoisotopic (exact) mass is 158 g/mol. The van der Waals surface area contributed by atoms with Crippen molar-refractivity contribution in [2.24, 2.45) is 0 Å². The normalized spacial score (nSPS) is 4.80. The fourth-order valence-corrected chi connectivity index (χ4v) is 0. The van der Waals surface area contributed by atoms with E-state index in [1.807, 2.05) is 6.92 Å². The maximum Gasteiger partial charge on any atom is 0.0108 e. The Morgan fingerprint density at radius 3 is 1.60 bits per heavy atom. The molecule has 0 atom stereocenters. The van der Waals surface area contributed by atoms with Crippen molar-refractivity contribution in [1.29, 1.82) is 0 Å². The Hall–Kier alpha value is 0.770. The van der Waals surface area contributed by atoms with E-state index in [9.17, 15) is 0 Å². The first-order valence-corrected chi connectivity index (χ1v) is 3.23. The second kappa shape index (κ2) is 21.6. The third kappa shape index (κ3) is 61.7. The molecule has 0 aliphatic rings. The molecule has 0 fully saturated rings. The van der Waals surface area contributed by atoms with Gasteiger partial charge in [0.25, 0.3) is 0 Å². The van der Waals surface area contributed by atoms with E-state index < -0.39 is 0 Å². The van der Waals surface area contributed by atoms with Crippen LogP contribution in [0, 0.1) is 0 Å². The summed E-state index contributed by atoms with van der Waals surface area (Å²) < 4.78 is 0. The molecule has 0 aromatic heterocycles. The Morgan fingerprint density at radius 2 is 1.60 bits per heavy atom. The molecule has 0 saturated carbocycles. The van der Waals surface area contributed by atoms with Crippen LogP contribution in [0.15, 0.2) is 0 Å². The standard InChI is InChI=1S/C2H5Br.CH3Cl/c1-2-3;1-2/h2H2,1H3;1H3. The van der Waals surface area contributed by atoms with Crippen molar-refractivity contribution >= 4 is 27.5 Å². The molecule has 0 aromatic carbocycles. The molecule has 34 valence electrons. The van der Waals surface area contributed by atoms with E-state index in [1.54, 1.807) is 0 Å². The highest BCUT2D eigenvalue weighted by Gasteiger charge is 1.38. The molecule has 0 amide bonds. The van der Waals surface area contributed by atoms with Crippen LogP contribution in [0.1, 0.15) is 6.92 Å². The van der Waals surface area contributed by atoms with Crippen LogP contribution in [0.2, 0.25) is 0 Å². The third-order valence-corrected chi connectivity index (χ3v) is 0. The lowest BCUT2D eigenvalue weighted by Crippen LogP contribution is -1.34. The van der Waals surface area contributed by atoms with Crippen LogP contribution < -0.4 is 0 Å². The molecule has 0 saturated heterocycles. The van der Waals surface area contributed by atoms with Gasteiger partial charge in [-0.05, 0) is 0 Å². The maximum absolute atomic E-state index is 4.64. The highest BCUT2D eigenvalue weighted by molar-refractivity contribution is 9.09. The van der Waals surface area contributed by atoms with Gasteiger partial charge in [-0.1, -0.05) is 22.9 Å². The quantitative estimate of drug-likeness (QED) is 0.476. The van der Waals surface area contributed by atoms with Gasteiger partial charge in [0.2, 0.25) is 0 Å². The van der Waals surface area contributed by atoms with Crippen molar-refractivity contribution in [1.82, 2.24) is 0 Å². The summed E-state index contributed by atoms with van der Waals surface area (Å²) >= 11 is 7.78. The second-order valence-electron chi connectivity index (χ2n) is 0.267. The number of rotatable bonds is 0. The van der Waals surface area contributed by atoms with Gasteiger partial charge in [-0.15, -0.1) is 11.6 Å². The van der Waals surface area contributed by atoms with Crippen LogP contribution in [-0.4, -0.2) is 11.7 Å². The van der Waals surface area contributed by atoms with Crippen LogP contribution >= 0.6 is 27.5 Å². The van der Waals surface area contributed by atoms with Gasteiger partial charge < -0.3 is 0 Å². The molecule has 0 bridgehead atoms. The Morgan fingerprint density at radius 1 is 1.60 bits per heavy atom. The Labute approximate surface area is 46.6 Å². The molecule has 0 radical (unpaired) electrons. The second-order valence-corrected chi connectivity index (χ2v) is 1.39. The van der Waals surface area contributed by atoms with Crippen molar-refractivity contribution in [2.75, 3.05) is 11.7 Å². The van der Waals surface area contributed by atoms with E-state index in [4.69, 9.17) is 0 Å². The lowest BCUT2D eigenvalue weighted by molar-refractivity contribution is 1.56. The van der Waals surface area contributed by atoms with E-state index in [1.165, 1.54) is 6.38 Å². The Balaban J connectivity index is 0. The van der Waals surface area contributed by atoms with Gasteiger partial charge in [-0.3, -0.25) is 0 Å². The smallest absolute Gasteiger partial charge is 0.0108 e. The topological polar surface area (TPSA) is 0 Å². The number of halogens is 2. The summed E-state index contributed by atoms with van der Waals surface area (Å²) in [4.78, 5) is 0. The SMILES string of the molecule is CCBr.CCl. The maximum atomic E-state index is 4.64. The molecule has 0 heterocycles. The molecule has 0 nitrogen and oxygen atoms in total. The summed E-state index contributed by atoms with van der Waals surface area (Å²) in [6.07, 6.45) is 1.47. The van der Waals surface area contributed by atoms with Crippen molar-refractivity contribution in [3.8, 4) is 0 Å². The van der Waals surface area contributed by atoms with Crippen LogP contribution in [0.4, 0.5) is 0 Å². The largest absolute Gasteiger partial charge is 0.130 e. The van der Waals surface area contributed by atoms with Gasteiger partial charge in [0.05, 0.1) is 0 Å². The van der Waals surface area contributed by atoms with Crippen LogP contribution in [0.3, 0.4) is 0 Å². The molecule has 0 rings (SSSR count). The number of alkyl halides is 2. The van der Waals surface area contributed by atoms with Gasteiger partial charge >= 0.3 is 0 Å². The fourth-order valence-electron chi connectivity index (χ4n) is 0. The van der Waals surface area contributed by atoms with E-state index >= 15 is 0 Å². The van der Waals surface area contributed by atoms with E-state index in [2.05, 4.69) is 27.5 Å². The number of hydrogen-bond donors (Lipinski definition) is 0. The minimum atomic E-state index is 1.06. The zero-order valence-electron chi connectivity index (χ0n) is 3.46. The van der Waals surface area contributed by atoms with Crippen LogP contribution in [0.25, 0.3) is 0 Å². The molecule has 2 heteroatoms. The van der Waals surface area contributed by atoms with Gasteiger partial charge in [0.15, 0.2) is 0 Å². The summed E-state index contributed by atoms with van der Waals surface area (Å²) in [5.74, 6) is 0. The molecule has 0 aromatic rings. The molecule has 0 N–H and O–H groups in total. The predicted molar refractivity (Wildman–Crippen MR) is 31.2 cm³/mol. The van der Waals surface area contributed by atoms with E-state index in [0.29, 0.717) is 0 Å². The summed E-state index contributed by atoms with van der Waals surface area (Å²) in [5, 5.41) is 1.06. The first-order valence-electron chi connectivity index (χ1n) is 1.35. The minimum absolute atomic E-state index is 1.06. The molecule has 0 aliphatic carbocycles. The summed E-state index contributed by atoms with van der Waals surface area (Å²) in [6, 6.07) is 0. The van der Waals surface area contributed by atoms with Crippen LogP contribution in [0.5, 0.6) is 0 Å². The van der Waals surface area contributed by atoms with Crippen molar-refractivity contribution in [3.63, 3.8) is 0 Å². The molecule has 5 heavy (non-hydrogen) atoms. The summed E-state index contributed by atoms with van der Waals surface area (Å²) in [5.41, 5.74) is 0. The average Bonchev–Trinajstić information content (AvgIpc) is 1.46.